The average Bonchev–Trinajstić information content (AvgIpc) is 2.91. The first-order chi connectivity index (χ1) is 17.8. The quantitative estimate of drug-likeness (QED) is 0.285. The van der Waals surface area contributed by atoms with Crippen molar-refractivity contribution < 1.29 is 33.4 Å². The molecular formula is C29H27NO7. The van der Waals surface area contributed by atoms with E-state index < -0.39 is 11.9 Å². The maximum Gasteiger partial charge on any atom is 0.338 e. The maximum absolute atomic E-state index is 12.2. The van der Waals surface area contributed by atoms with Gasteiger partial charge < -0.3 is 14.8 Å². The molecule has 37 heavy (non-hydrogen) atoms. The molecule has 0 aromatic heterocycles. The molecule has 3 rings (SSSR count). The number of Topliss-reactive ketones (excluding diaryl/α,β-unsaturated/α-hetero) is 2. The lowest BCUT2D eigenvalue weighted by Gasteiger charge is -2.08. The second-order valence-corrected chi connectivity index (χ2v) is 8.29. The van der Waals surface area contributed by atoms with Crippen LogP contribution in [0.1, 0.15) is 55.9 Å². The van der Waals surface area contributed by atoms with Crippen molar-refractivity contribution in [3.8, 4) is 0 Å². The van der Waals surface area contributed by atoms with E-state index in [1.807, 2.05) is 19.1 Å². The summed E-state index contributed by atoms with van der Waals surface area (Å²) in [7, 11) is 0. The second-order valence-electron chi connectivity index (χ2n) is 8.29. The highest BCUT2D eigenvalue weighted by molar-refractivity contribution is 6.00. The number of ketones is 2. The van der Waals surface area contributed by atoms with Gasteiger partial charge in [0.2, 0.25) is 5.91 Å². The van der Waals surface area contributed by atoms with Crippen molar-refractivity contribution in [2.24, 2.45) is 0 Å². The van der Waals surface area contributed by atoms with Gasteiger partial charge in [0, 0.05) is 29.7 Å². The summed E-state index contributed by atoms with van der Waals surface area (Å²) >= 11 is 0. The Morgan fingerprint density at radius 3 is 1.86 bits per heavy atom. The molecule has 0 unspecified atom stereocenters. The van der Waals surface area contributed by atoms with Gasteiger partial charge in [-0.2, -0.15) is 0 Å². The summed E-state index contributed by atoms with van der Waals surface area (Å²) in [5.41, 5.74) is 2.65. The maximum atomic E-state index is 12.2. The molecule has 0 fully saturated rings. The minimum absolute atomic E-state index is 0.00156. The first-order valence-corrected chi connectivity index (χ1v) is 11.7. The van der Waals surface area contributed by atoms with Crippen LogP contribution in [0.3, 0.4) is 0 Å². The summed E-state index contributed by atoms with van der Waals surface area (Å²) < 4.78 is 10.1. The highest BCUT2D eigenvalue weighted by Gasteiger charge is 2.13. The lowest BCUT2D eigenvalue weighted by atomic mass is 10.1. The van der Waals surface area contributed by atoms with Gasteiger partial charge in [-0.3, -0.25) is 19.2 Å². The van der Waals surface area contributed by atoms with E-state index in [2.05, 4.69) is 5.32 Å². The summed E-state index contributed by atoms with van der Waals surface area (Å²) in [4.78, 5) is 60.3. The summed E-state index contributed by atoms with van der Waals surface area (Å²) in [6.07, 6.45) is 0.331. The average molecular weight is 502 g/mol. The Hall–Kier alpha value is -4.59. The number of rotatable bonds is 12. The Kier molecular flexibility index (Phi) is 9.84. The van der Waals surface area contributed by atoms with Crippen molar-refractivity contribution in [1.82, 2.24) is 0 Å². The molecule has 1 N–H and O–H groups in total. The Labute approximate surface area is 214 Å². The fourth-order valence-electron chi connectivity index (χ4n) is 3.27. The number of ether oxygens (including phenoxy) is 2. The number of hydrogen-bond donors (Lipinski definition) is 1. The minimum Gasteiger partial charge on any atom is -0.457 e. The van der Waals surface area contributed by atoms with E-state index in [0.717, 1.165) is 5.56 Å². The van der Waals surface area contributed by atoms with Gasteiger partial charge in [0.05, 0.1) is 5.56 Å². The largest absolute Gasteiger partial charge is 0.457 e. The number of carbonyl (C=O) groups excluding carboxylic acids is 5. The van der Waals surface area contributed by atoms with Crippen molar-refractivity contribution in [3.63, 3.8) is 0 Å². The summed E-state index contributed by atoms with van der Waals surface area (Å²) in [5.74, 6) is -2.11. The molecule has 1 amide bonds. The van der Waals surface area contributed by atoms with E-state index in [1.165, 1.54) is 12.1 Å². The number of carbonyl (C=O) groups is 5. The van der Waals surface area contributed by atoms with Crippen molar-refractivity contribution in [1.29, 1.82) is 0 Å². The number of hydrogen-bond acceptors (Lipinski definition) is 7. The van der Waals surface area contributed by atoms with E-state index >= 15 is 0 Å². The zero-order chi connectivity index (χ0) is 26.6. The van der Waals surface area contributed by atoms with Crippen LogP contribution in [-0.2, 0) is 19.1 Å². The third-order valence-electron chi connectivity index (χ3n) is 5.36. The van der Waals surface area contributed by atoms with Crippen LogP contribution in [-0.4, -0.2) is 42.6 Å². The molecule has 0 saturated carbocycles. The van der Waals surface area contributed by atoms with Gasteiger partial charge in [-0.1, -0.05) is 60.2 Å². The number of nitrogens with one attached hydrogen (secondary N) is 1. The highest BCUT2D eigenvalue weighted by atomic mass is 16.5. The van der Waals surface area contributed by atoms with Crippen molar-refractivity contribution in [2.75, 3.05) is 18.5 Å². The van der Waals surface area contributed by atoms with E-state index in [4.69, 9.17) is 9.47 Å². The predicted molar refractivity (Wildman–Crippen MR) is 136 cm³/mol. The van der Waals surface area contributed by atoms with Crippen LogP contribution in [0.5, 0.6) is 0 Å². The zero-order valence-corrected chi connectivity index (χ0v) is 20.4. The molecule has 0 aliphatic heterocycles. The first kappa shape index (κ1) is 27.0. The van der Waals surface area contributed by atoms with E-state index in [0.29, 0.717) is 16.8 Å². The molecule has 3 aromatic rings. The number of anilines is 1. The van der Waals surface area contributed by atoms with Gasteiger partial charge in [-0.05, 0) is 37.6 Å². The first-order valence-electron chi connectivity index (χ1n) is 11.7. The predicted octanol–water partition coefficient (Wildman–Crippen LogP) is 4.57. The molecule has 0 radical (unpaired) electrons. The fraction of sp³-hybridized carbons (Fsp3) is 0.207. The standard InChI is InChI=1S/C29H27NO7/c1-20-10-12-22(13-11-20)26(32)19-37-29(35)23-14-16-24(17-15-23)30-27(33)8-5-9-28(34)36-18-25(31)21-6-3-2-4-7-21/h2-4,6-7,10-17H,5,8-9,18-19H2,1H3,(H,30,33). The molecule has 3 aromatic carbocycles. The van der Waals surface area contributed by atoms with Gasteiger partial charge in [0.15, 0.2) is 24.8 Å². The molecule has 0 heterocycles. The van der Waals surface area contributed by atoms with Gasteiger partial charge >= 0.3 is 11.9 Å². The summed E-state index contributed by atoms with van der Waals surface area (Å²) in [6.45, 7) is 1.20. The van der Waals surface area contributed by atoms with Crippen LogP contribution >= 0.6 is 0 Å². The third-order valence-corrected chi connectivity index (χ3v) is 5.36. The monoisotopic (exact) mass is 501 g/mol. The zero-order valence-electron chi connectivity index (χ0n) is 20.4. The van der Waals surface area contributed by atoms with E-state index in [9.17, 15) is 24.0 Å². The van der Waals surface area contributed by atoms with Crippen LogP contribution in [0.25, 0.3) is 0 Å². The van der Waals surface area contributed by atoms with Crippen LogP contribution in [0, 0.1) is 6.92 Å². The van der Waals surface area contributed by atoms with Crippen LogP contribution in [0.4, 0.5) is 5.69 Å². The SMILES string of the molecule is Cc1ccc(C(=O)COC(=O)c2ccc(NC(=O)CCCC(=O)OCC(=O)c3ccccc3)cc2)cc1. The van der Waals surface area contributed by atoms with E-state index in [-0.39, 0.29) is 55.5 Å². The molecule has 0 aliphatic rings. The Morgan fingerprint density at radius 2 is 1.22 bits per heavy atom. The van der Waals surface area contributed by atoms with Gasteiger partial charge in [-0.25, -0.2) is 4.79 Å². The lowest BCUT2D eigenvalue weighted by molar-refractivity contribution is -0.142. The Morgan fingerprint density at radius 1 is 0.649 bits per heavy atom. The second kappa shape index (κ2) is 13.5. The molecule has 0 spiro atoms. The summed E-state index contributed by atoms with van der Waals surface area (Å²) in [6, 6.07) is 21.5. The smallest absolute Gasteiger partial charge is 0.338 e. The number of aryl methyl sites for hydroxylation is 1. The number of benzene rings is 3. The van der Waals surface area contributed by atoms with Crippen molar-refractivity contribution >= 4 is 35.1 Å². The number of amides is 1. The Balaban J connectivity index is 1.35. The van der Waals surface area contributed by atoms with E-state index in [1.54, 1.807) is 54.6 Å². The van der Waals surface area contributed by atoms with Crippen molar-refractivity contribution in [3.05, 3.63) is 101 Å². The van der Waals surface area contributed by atoms with Gasteiger partial charge in [0.25, 0.3) is 0 Å². The van der Waals surface area contributed by atoms with Gasteiger partial charge in [-0.15, -0.1) is 0 Å². The van der Waals surface area contributed by atoms with Crippen LogP contribution < -0.4 is 5.32 Å². The van der Waals surface area contributed by atoms with Crippen LogP contribution in [0.15, 0.2) is 78.9 Å². The highest BCUT2D eigenvalue weighted by Crippen LogP contribution is 2.13. The van der Waals surface area contributed by atoms with Gasteiger partial charge in [0.1, 0.15) is 0 Å². The lowest BCUT2D eigenvalue weighted by Crippen LogP contribution is -2.16. The molecule has 8 nitrogen and oxygen atoms in total. The normalized spacial score (nSPS) is 10.3. The van der Waals surface area contributed by atoms with Crippen molar-refractivity contribution in [2.45, 2.75) is 26.2 Å². The fourth-order valence-corrected chi connectivity index (χ4v) is 3.27. The molecule has 0 saturated heterocycles. The molecule has 0 atom stereocenters. The molecule has 0 bridgehead atoms. The molecule has 0 aliphatic carbocycles. The molecule has 8 heteroatoms. The minimum atomic E-state index is -0.650. The third kappa shape index (κ3) is 8.85. The topological polar surface area (TPSA) is 116 Å². The number of esters is 2. The Bertz CT molecular complexity index is 1250. The summed E-state index contributed by atoms with van der Waals surface area (Å²) in [5, 5.41) is 2.68. The van der Waals surface area contributed by atoms with Crippen LogP contribution in [0.2, 0.25) is 0 Å². The molecular weight excluding hydrogens is 474 g/mol. The molecule has 190 valence electrons.